The average molecular weight is 391 g/mol. The Morgan fingerprint density at radius 3 is 2.76 bits per heavy atom. The van der Waals surface area contributed by atoms with Crippen molar-refractivity contribution in [1.29, 1.82) is 0 Å². The molecular formula is C22H25N5O2. The molecule has 2 heterocycles. The largest absolute Gasteiger partial charge is 0.493 e. The fraction of sp³-hybridized carbons (Fsp3) is 0.318. The Balaban J connectivity index is 1.44. The molecule has 0 spiro atoms. The summed E-state index contributed by atoms with van der Waals surface area (Å²) in [6, 6.07) is 14.7. The van der Waals surface area contributed by atoms with Crippen molar-refractivity contribution in [2.24, 2.45) is 0 Å². The molecule has 4 rings (SSSR count). The third-order valence-electron chi connectivity index (χ3n) is 5.14. The number of anilines is 3. The van der Waals surface area contributed by atoms with E-state index in [9.17, 15) is 0 Å². The van der Waals surface area contributed by atoms with Crippen molar-refractivity contribution >= 4 is 17.5 Å². The highest BCUT2D eigenvalue weighted by Crippen LogP contribution is 2.36. The van der Waals surface area contributed by atoms with Crippen LogP contribution in [0.4, 0.5) is 17.5 Å². The van der Waals surface area contributed by atoms with Crippen LogP contribution < -0.4 is 19.7 Å². The third kappa shape index (κ3) is 3.94. The standard InChI is InChI=1S/C22H25N5O2/c1-15-12-17-6-4-5-7-18(17)27(15)21-14-24-26-22(25-21)23-11-10-16-8-9-19(28-2)20(13-16)29-3/h4-9,13-15H,10-12H2,1-3H3,(H,23,25,26). The lowest BCUT2D eigenvalue weighted by molar-refractivity contribution is 0.354. The van der Waals surface area contributed by atoms with Gasteiger partial charge in [0.1, 0.15) is 0 Å². The van der Waals surface area contributed by atoms with Gasteiger partial charge in [0.15, 0.2) is 17.3 Å². The Bertz CT molecular complexity index is 994. The van der Waals surface area contributed by atoms with Crippen LogP contribution in [-0.4, -0.2) is 42.0 Å². The van der Waals surface area contributed by atoms with E-state index in [1.807, 2.05) is 18.2 Å². The fourth-order valence-electron chi connectivity index (χ4n) is 3.76. The van der Waals surface area contributed by atoms with Gasteiger partial charge >= 0.3 is 0 Å². The number of nitrogens with zero attached hydrogens (tertiary/aromatic N) is 4. The van der Waals surface area contributed by atoms with E-state index in [4.69, 9.17) is 14.5 Å². The molecule has 7 nitrogen and oxygen atoms in total. The first kappa shape index (κ1) is 19.0. The monoisotopic (exact) mass is 391 g/mol. The normalized spacial score (nSPS) is 15.1. The van der Waals surface area contributed by atoms with Crippen LogP contribution >= 0.6 is 0 Å². The minimum atomic E-state index is 0.337. The fourth-order valence-corrected chi connectivity index (χ4v) is 3.76. The molecule has 29 heavy (non-hydrogen) atoms. The maximum atomic E-state index is 5.37. The number of aromatic nitrogens is 3. The number of benzene rings is 2. The van der Waals surface area contributed by atoms with Crippen molar-refractivity contribution in [1.82, 2.24) is 15.2 Å². The van der Waals surface area contributed by atoms with Crippen molar-refractivity contribution in [3.05, 3.63) is 59.8 Å². The molecule has 1 atom stereocenters. The number of hydrogen-bond donors (Lipinski definition) is 1. The van der Waals surface area contributed by atoms with E-state index in [-0.39, 0.29) is 0 Å². The molecule has 0 saturated heterocycles. The second-order valence-corrected chi connectivity index (χ2v) is 7.06. The minimum Gasteiger partial charge on any atom is -0.493 e. The topological polar surface area (TPSA) is 72.4 Å². The summed E-state index contributed by atoms with van der Waals surface area (Å²) >= 11 is 0. The summed E-state index contributed by atoms with van der Waals surface area (Å²) in [7, 11) is 3.28. The first-order chi connectivity index (χ1) is 14.2. The van der Waals surface area contributed by atoms with Crippen LogP contribution in [0.15, 0.2) is 48.7 Å². The van der Waals surface area contributed by atoms with E-state index in [2.05, 4.69) is 51.6 Å². The number of hydrogen-bond acceptors (Lipinski definition) is 7. The van der Waals surface area contributed by atoms with Crippen LogP contribution in [0.5, 0.6) is 11.5 Å². The number of fused-ring (bicyclic) bond motifs is 1. The molecule has 0 aliphatic carbocycles. The number of nitrogens with one attached hydrogen (secondary N) is 1. The molecular weight excluding hydrogens is 366 g/mol. The number of rotatable bonds is 7. The van der Waals surface area contributed by atoms with Gasteiger partial charge in [-0.2, -0.15) is 10.1 Å². The zero-order valence-electron chi connectivity index (χ0n) is 16.9. The lowest BCUT2D eigenvalue weighted by Gasteiger charge is -2.23. The maximum Gasteiger partial charge on any atom is 0.244 e. The molecule has 0 amide bonds. The summed E-state index contributed by atoms with van der Waals surface area (Å²) in [6.07, 6.45) is 3.53. The maximum absolute atomic E-state index is 5.37. The minimum absolute atomic E-state index is 0.337. The van der Waals surface area contributed by atoms with Gasteiger partial charge in [-0.3, -0.25) is 0 Å². The zero-order valence-corrected chi connectivity index (χ0v) is 16.9. The van der Waals surface area contributed by atoms with Gasteiger partial charge in [-0.05, 0) is 49.1 Å². The molecule has 0 fully saturated rings. The van der Waals surface area contributed by atoms with Gasteiger partial charge < -0.3 is 19.7 Å². The molecule has 1 aromatic heterocycles. The lowest BCUT2D eigenvalue weighted by Crippen LogP contribution is -2.25. The molecule has 1 N–H and O–H groups in total. The van der Waals surface area contributed by atoms with Crippen molar-refractivity contribution in [3.63, 3.8) is 0 Å². The Hall–Kier alpha value is -3.35. The van der Waals surface area contributed by atoms with Gasteiger partial charge in [-0.15, -0.1) is 5.10 Å². The Morgan fingerprint density at radius 1 is 1.10 bits per heavy atom. The summed E-state index contributed by atoms with van der Waals surface area (Å²) in [5.74, 6) is 2.79. The second-order valence-electron chi connectivity index (χ2n) is 7.06. The number of methoxy groups -OCH3 is 2. The van der Waals surface area contributed by atoms with Crippen molar-refractivity contribution in [2.75, 3.05) is 31.0 Å². The van der Waals surface area contributed by atoms with Crippen LogP contribution in [0.2, 0.25) is 0 Å². The van der Waals surface area contributed by atoms with Crippen LogP contribution in [0.25, 0.3) is 0 Å². The molecule has 3 aromatic rings. The van der Waals surface area contributed by atoms with Crippen molar-refractivity contribution in [3.8, 4) is 11.5 Å². The average Bonchev–Trinajstić information content (AvgIpc) is 3.09. The molecule has 0 saturated carbocycles. The first-order valence-electron chi connectivity index (χ1n) is 9.71. The van der Waals surface area contributed by atoms with Gasteiger partial charge in [-0.1, -0.05) is 24.3 Å². The molecule has 2 aromatic carbocycles. The van der Waals surface area contributed by atoms with E-state index in [1.165, 1.54) is 11.3 Å². The quantitative estimate of drug-likeness (QED) is 0.659. The van der Waals surface area contributed by atoms with Gasteiger partial charge in [0.05, 0.1) is 20.4 Å². The molecule has 1 unspecified atom stereocenters. The van der Waals surface area contributed by atoms with Gasteiger partial charge in [0, 0.05) is 18.3 Å². The van der Waals surface area contributed by atoms with E-state index in [1.54, 1.807) is 20.4 Å². The second kappa shape index (κ2) is 8.34. The molecule has 7 heteroatoms. The van der Waals surface area contributed by atoms with Gasteiger partial charge in [0.25, 0.3) is 0 Å². The lowest BCUT2D eigenvalue weighted by atomic mass is 10.1. The number of para-hydroxylation sites is 1. The van der Waals surface area contributed by atoms with Gasteiger partial charge in [0.2, 0.25) is 5.95 Å². The van der Waals surface area contributed by atoms with Crippen LogP contribution in [0, 0.1) is 0 Å². The Labute approximate surface area is 170 Å². The van der Waals surface area contributed by atoms with E-state index < -0.39 is 0 Å². The van der Waals surface area contributed by atoms with E-state index in [0.717, 1.165) is 35.7 Å². The summed E-state index contributed by atoms with van der Waals surface area (Å²) in [5, 5.41) is 11.6. The molecule has 0 bridgehead atoms. The summed E-state index contributed by atoms with van der Waals surface area (Å²) in [5.41, 5.74) is 3.67. The van der Waals surface area contributed by atoms with Crippen LogP contribution in [-0.2, 0) is 12.8 Å². The third-order valence-corrected chi connectivity index (χ3v) is 5.14. The highest BCUT2D eigenvalue weighted by atomic mass is 16.5. The predicted octanol–water partition coefficient (Wildman–Crippen LogP) is 3.63. The van der Waals surface area contributed by atoms with Gasteiger partial charge in [-0.25, -0.2) is 0 Å². The summed E-state index contributed by atoms with van der Waals surface area (Å²) in [6.45, 7) is 2.89. The first-order valence-corrected chi connectivity index (χ1v) is 9.71. The molecule has 0 radical (unpaired) electrons. The zero-order chi connectivity index (χ0) is 20.2. The van der Waals surface area contributed by atoms with Crippen molar-refractivity contribution in [2.45, 2.75) is 25.8 Å². The highest BCUT2D eigenvalue weighted by molar-refractivity contribution is 5.68. The Morgan fingerprint density at radius 2 is 1.93 bits per heavy atom. The summed E-state index contributed by atoms with van der Waals surface area (Å²) < 4.78 is 10.7. The number of ether oxygens (including phenoxy) is 2. The molecule has 1 aliphatic rings. The molecule has 150 valence electrons. The highest BCUT2D eigenvalue weighted by Gasteiger charge is 2.28. The van der Waals surface area contributed by atoms with Crippen molar-refractivity contribution < 1.29 is 9.47 Å². The van der Waals surface area contributed by atoms with E-state index in [0.29, 0.717) is 18.5 Å². The summed E-state index contributed by atoms with van der Waals surface area (Å²) in [4.78, 5) is 6.92. The molecule has 1 aliphatic heterocycles. The van der Waals surface area contributed by atoms with E-state index >= 15 is 0 Å². The van der Waals surface area contributed by atoms with Crippen LogP contribution in [0.3, 0.4) is 0 Å². The smallest absolute Gasteiger partial charge is 0.244 e. The Kier molecular flexibility index (Phi) is 5.46. The SMILES string of the molecule is COc1ccc(CCNc2nncc(N3c4ccccc4CC3C)n2)cc1OC. The van der Waals surface area contributed by atoms with Crippen LogP contribution in [0.1, 0.15) is 18.1 Å². The predicted molar refractivity (Wildman–Crippen MR) is 113 cm³/mol.